The lowest BCUT2D eigenvalue weighted by molar-refractivity contribution is -0.138. The predicted octanol–water partition coefficient (Wildman–Crippen LogP) is -1.14. The number of fused-ring (bicyclic) bond motifs is 1. The average molecular weight is 428 g/mol. The normalized spacial score (nSPS) is 26.6. The first-order valence-electron chi connectivity index (χ1n) is 9.40. The molecule has 0 radical (unpaired) electrons. The van der Waals surface area contributed by atoms with Crippen LogP contribution in [0.5, 0.6) is 0 Å². The van der Waals surface area contributed by atoms with E-state index in [1.165, 1.54) is 12.7 Å². The summed E-state index contributed by atoms with van der Waals surface area (Å²) in [5, 5.41) is 30.1. The number of carboxylic acid groups (broad SMARTS) is 1. The molecule has 0 aliphatic carbocycles. The Labute approximate surface area is 170 Å². The van der Waals surface area contributed by atoms with Crippen LogP contribution >= 0.6 is 0 Å². The van der Waals surface area contributed by atoms with Crippen LogP contribution in [0, 0.1) is 0 Å². The molecule has 160 valence electrons. The molecule has 1 aliphatic rings. The molecule has 1 aliphatic heterocycles. The molecule has 1 fully saturated rings. The van der Waals surface area contributed by atoms with E-state index in [9.17, 15) is 15.0 Å². The molecule has 0 unspecified atom stereocenters. The van der Waals surface area contributed by atoms with Gasteiger partial charge in [-0.2, -0.15) is 0 Å². The van der Waals surface area contributed by atoms with Gasteiger partial charge in [0.15, 0.2) is 17.7 Å². The molecular formula is C17H27N6O5S+. The van der Waals surface area contributed by atoms with Gasteiger partial charge in [-0.3, -0.25) is 9.36 Å². The van der Waals surface area contributed by atoms with E-state index in [0.29, 0.717) is 29.1 Å². The topological polar surface area (TPSA) is 183 Å². The number of carboxylic acids is 1. The summed E-state index contributed by atoms with van der Waals surface area (Å²) in [6.45, 7) is 2.04. The molecule has 12 heteroatoms. The maximum Gasteiger partial charge on any atom is 0.320 e. The summed E-state index contributed by atoms with van der Waals surface area (Å²) in [6.07, 6.45) is 0.327. The molecule has 0 aromatic carbocycles. The standard InChI is InChI=1S/C17H26N6O5S/c1-2-4-29(5-3-9(18)17(26)27)6-10-12(24)13(25)16(28-10)23-8-22-11-14(19)20-7-21-15(11)23/h7-10,12-13,16,24-25H,2-6,18H2,1H3,(H2-,19,20,21,26,27)/p+1/t9-,10+,12+,13+,16+,29-/m0/s1. The minimum absolute atomic E-state index is 0.190. The number of hydrogen-bond acceptors (Lipinski definition) is 9. The van der Waals surface area contributed by atoms with E-state index in [-0.39, 0.29) is 16.7 Å². The zero-order valence-corrected chi connectivity index (χ0v) is 16.9. The molecule has 6 atom stereocenters. The Morgan fingerprint density at radius 2 is 2.07 bits per heavy atom. The molecule has 2 aromatic heterocycles. The third-order valence-electron chi connectivity index (χ3n) is 4.93. The Morgan fingerprint density at radius 1 is 1.31 bits per heavy atom. The molecule has 0 amide bonds. The Balaban J connectivity index is 1.72. The summed E-state index contributed by atoms with van der Waals surface area (Å²) in [5.41, 5.74) is 12.2. The van der Waals surface area contributed by atoms with Crippen LogP contribution in [0.15, 0.2) is 12.7 Å². The summed E-state index contributed by atoms with van der Waals surface area (Å²) in [5.74, 6) is 1.21. The van der Waals surface area contributed by atoms with Crippen LogP contribution in [0.1, 0.15) is 26.0 Å². The third-order valence-corrected chi connectivity index (χ3v) is 7.52. The molecular weight excluding hydrogens is 400 g/mol. The number of aliphatic hydroxyl groups excluding tert-OH is 2. The number of hydrogen-bond donors (Lipinski definition) is 5. The number of aromatic nitrogens is 4. The predicted molar refractivity (Wildman–Crippen MR) is 108 cm³/mol. The molecule has 11 nitrogen and oxygen atoms in total. The van der Waals surface area contributed by atoms with Gasteiger partial charge >= 0.3 is 5.97 Å². The van der Waals surface area contributed by atoms with Gasteiger partial charge in [0.1, 0.15) is 53.5 Å². The maximum absolute atomic E-state index is 11.0. The summed E-state index contributed by atoms with van der Waals surface area (Å²) in [7, 11) is -0.190. The first-order valence-corrected chi connectivity index (χ1v) is 11.1. The van der Waals surface area contributed by atoms with Crippen molar-refractivity contribution in [3.05, 3.63) is 12.7 Å². The zero-order valence-electron chi connectivity index (χ0n) is 16.1. The Hall–Kier alpha value is -1.99. The van der Waals surface area contributed by atoms with E-state index in [1.807, 2.05) is 6.92 Å². The molecule has 0 spiro atoms. The highest BCUT2D eigenvalue weighted by atomic mass is 32.2. The van der Waals surface area contributed by atoms with E-state index in [4.69, 9.17) is 21.3 Å². The van der Waals surface area contributed by atoms with Crippen LogP contribution in [0.3, 0.4) is 0 Å². The van der Waals surface area contributed by atoms with Gasteiger partial charge in [-0.1, -0.05) is 6.92 Å². The number of aliphatic hydroxyl groups is 2. The van der Waals surface area contributed by atoms with Gasteiger partial charge in [-0.25, -0.2) is 15.0 Å². The third kappa shape index (κ3) is 4.61. The van der Waals surface area contributed by atoms with E-state index in [0.717, 1.165) is 12.2 Å². The summed E-state index contributed by atoms with van der Waals surface area (Å²) in [6, 6.07) is -0.905. The van der Waals surface area contributed by atoms with Crippen molar-refractivity contribution in [3.63, 3.8) is 0 Å². The van der Waals surface area contributed by atoms with Crippen molar-refractivity contribution in [1.29, 1.82) is 0 Å². The number of aliphatic carboxylic acids is 1. The minimum atomic E-state index is -1.16. The highest BCUT2D eigenvalue weighted by molar-refractivity contribution is 7.96. The van der Waals surface area contributed by atoms with E-state index in [1.54, 1.807) is 4.57 Å². The van der Waals surface area contributed by atoms with Gasteiger partial charge in [0.05, 0.1) is 6.33 Å². The van der Waals surface area contributed by atoms with Crippen LogP contribution in [0.4, 0.5) is 5.82 Å². The lowest BCUT2D eigenvalue weighted by atomic mass is 10.1. The second kappa shape index (κ2) is 9.22. The number of anilines is 1. The number of ether oxygens (including phenoxy) is 1. The fourth-order valence-corrected chi connectivity index (χ4v) is 5.80. The van der Waals surface area contributed by atoms with Gasteiger partial charge in [0, 0.05) is 6.42 Å². The summed E-state index contributed by atoms with van der Waals surface area (Å²) in [4.78, 5) is 23.2. The number of rotatable bonds is 9. The Kier molecular flexibility index (Phi) is 6.90. The SMILES string of the molecule is CCC[S@@+](CC[C@H](N)C(=O)O)C[C@H]1O[C@@H](n2cnc3c(N)ncnc32)[C@H](O)[C@@H]1O. The van der Waals surface area contributed by atoms with Crippen molar-refractivity contribution in [2.45, 2.75) is 50.3 Å². The molecule has 0 bridgehead atoms. The molecule has 2 aromatic rings. The second-order valence-electron chi connectivity index (χ2n) is 7.05. The first-order chi connectivity index (χ1) is 13.8. The number of carbonyl (C=O) groups is 1. The first kappa shape index (κ1) is 21.7. The number of nitrogens with two attached hydrogens (primary N) is 2. The van der Waals surface area contributed by atoms with Gasteiger partial charge in [0.2, 0.25) is 0 Å². The smallest absolute Gasteiger partial charge is 0.320 e. The van der Waals surface area contributed by atoms with Crippen molar-refractivity contribution in [1.82, 2.24) is 19.5 Å². The lowest BCUT2D eigenvalue weighted by Crippen LogP contribution is -2.38. The highest BCUT2D eigenvalue weighted by Gasteiger charge is 2.47. The zero-order chi connectivity index (χ0) is 21.1. The molecule has 1 saturated heterocycles. The molecule has 0 saturated carbocycles. The number of nitrogen functional groups attached to an aromatic ring is 1. The molecule has 3 heterocycles. The fourth-order valence-electron chi connectivity index (χ4n) is 3.36. The van der Waals surface area contributed by atoms with Crippen LogP contribution in [0.2, 0.25) is 0 Å². The van der Waals surface area contributed by atoms with E-state index >= 15 is 0 Å². The Morgan fingerprint density at radius 3 is 2.76 bits per heavy atom. The van der Waals surface area contributed by atoms with E-state index < -0.39 is 36.6 Å². The molecule has 7 N–H and O–H groups in total. The van der Waals surface area contributed by atoms with E-state index in [2.05, 4.69) is 15.0 Å². The highest BCUT2D eigenvalue weighted by Crippen LogP contribution is 2.33. The number of nitrogens with zero attached hydrogens (tertiary/aromatic N) is 4. The van der Waals surface area contributed by atoms with Gasteiger partial charge in [0.25, 0.3) is 0 Å². The van der Waals surface area contributed by atoms with Gasteiger partial charge in [-0.05, 0) is 17.3 Å². The van der Waals surface area contributed by atoms with Crippen molar-refractivity contribution >= 4 is 33.8 Å². The summed E-state index contributed by atoms with van der Waals surface area (Å²) >= 11 is 0. The van der Waals surface area contributed by atoms with Crippen molar-refractivity contribution in [2.75, 3.05) is 23.0 Å². The van der Waals surface area contributed by atoms with Crippen molar-refractivity contribution in [2.24, 2.45) is 5.73 Å². The number of imidazole rings is 1. The Bertz CT molecular complexity index is 851. The molecule has 3 rings (SSSR count). The monoisotopic (exact) mass is 427 g/mol. The minimum Gasteiger partial charge on any atom is -0.480 e. The second-order valence-corrected chi connectivity index (χ2v) is 9.42. The van der Waals surface area contributed by atoms with Gasteiger partial charge in [-0.15, -0.1) is 0 Å². The average Bonchev–Trinajstić information content (AvgIpc) is 3.23. The quantitative estimate of drug-likeness (QED) is 0.307. The summed E-state index contributed by atoms with van der Waals surface area (Å²) < 4.78 is 7.53. The van der Waals surface area contributed by atoms with Crippen molar-refractivity contribution in [3.8, 4) is 0 Å². The van der Waals surface area contributed by atoms with Crippen molar-refractivity contribution < 1.29 is 24.9 Å². The maximum atomic E-state index is 11.0. The van der Waals surface area contributed by atoms with Gasteiger partial charge < -0.3 is 31.5 Å². The van der Waals surface area contributed by atoms with Crippen LogP contribution in [-0.4, -0.2) is 82.4 Å². The lowest BCUT2D eigenvalue weighted by Gasteiger charge is -2.17. The van der Waals surface area contributed by atoms with Crippen LogP contribution < -0.4 is 11.5 Å². The van der Waals surface area contributed by atoms with Crippen LogP contribution in [-0.2, 0) is 20.4 Å². The largest absolute Gasteiger partial charge is 0.480 e. The fraction of sp³-hybridized carbons (Fsp3) is 0.647. The van der Waals surface area contributed by atoms with Crippen LogP contribution in [0.25, 0.3) is 11.2 Å². The molecule has 29 heavy (non-hydrogen) atoms.